The Labute approximate surface area is 106 Å². The molecule has 0 aromatic heterocycles. The zero-order chi connectivity index (χ0) is 11.9. The van der Waals surface area contributed by atoms with Gasteiger partial charge < -0.3 is 5.32 Å². The molecule has 0 spiro atoms. The Morgan fingerprint density at radius 3 is 2.47 bits per heavy atom. The topological polar surface area (TPSA) is 29.1 Å². The van der Waals surface area contributed by atoms with Crippen molar-refractivity contribution in [2.24, 2.45) is 5.92 Å². The standard InChI is InChI=1S/C14H16ClNO/c15-12-5-3-11(4-6-12)14(7-8-14)9-16-13(17)10-1-2-10/h3-6,10H,1-2,7-9H2,(H,16,17). The Morgan fingerprint density at radius 1 is 1.29 bits per heavy atom. The Kier molecular flexibility index (Phi) is 2.62. The van der Waals surface area contributed by atoms with Crippen molar-refractivity contribution < 1.29 is 4.79 Å². The first-order valence-corrected chi connectivity index (χ1v) is 6.61. The lowest BCUT2D eigenvalue weighted by Crippen LogP contribution is -2.33. The molecule has 2 fully saturated rings. The summed E-state index contributed by atoms with van der Waals surface area (Å²) >= 11 is 5.89. The van der Waals surface area contributed by atoms with Gasteiger partial charge in [-0.2, -0.15) is 0 Å². The molecule has 2 aliphatic carbocycles. The van der Waals surface area contributed by atoms with Gasteiger partial charge >= 0.3 is 0 Å². The first-order chi connectivity index (χ1) is 8.20. The molecule has 0 bridgehead atoms. The molecule has 0 heterocycles. The van der Waals surface area contributed by atoms with Crippen molar-refractivity contribution in [2.75, 3.05) is 6.54 Å². The van der Waals surface area contributed by atoms with Crippen LogP contribution in [0.15, 0.2) is 24.3 Å². The zero-order valence-corrected chi connectivity index (χ0v) is 10.5. The van der Waals surface area contributed by atoms with E-state index >= 15 is 0 Å². The summed E-state index contributed by atoms with van der Waals surface area (Å²) in [4.78, 5) is 11.6. The Bertz CT molecular complexity index is 432. The van der Waals surface area contributed by atoms with Crippen LogP contribution in [0.25, 0.3) is 0 Å². The highest BCUT2D eigenvalue weighted by molar-refractivity contribution is 6.30. The summed E-state index contributed by atoms with van der Waals surface area (Å²) < 4.78 is 0. The molecule has 90 valence electrons. The van der Waals surface area contributed by atoms with E-state index in [1.54, 1.807) is 0 Å². The lowest BCUT2D eigenvalue weighted by molar-refractivity contribution is -0.122. The number of halogens is 1. The molecule has 0 unspecified atom stereocenters. The quantitative estimate of drug-likeness (QED) is 0.874. The molecule has 1 amide bonds. The predicted molar refractivity (Wildman–Crippen MR) is 68.1 cm³/mol. The van der Waals surface area contributed by atoms with Crippen LogP contribution in [0, 0.1) is 5.92 Å². The summed E-state index contributed by atoms with van der Waals surface area (Å²) in [5, 5.41) is 3.86. The summed E-state index contributed by atoms with van der Waals surface area (Å²) in [6, 6.07) is 8.02. The molecule has 1 aromatic carbocycles. The van der Waals surface area contributed by atoms with Gasteiger partial charge in [-0.1, -0.05) is 23.7 Å². The molecule has 0 saturated heterocycles. The van der Waals surface area contributed by atoms with E-state index in [0.717, 1.165) is 24.4 Å². The number of nitrogens with one attached hydrogen (secondary N) is 1. The number of amides is 1. The van der Waals surface area contributed by atoms with Crippen LogP contribution in [-0.2, 0) is 10.2 Å². The van der Waals surface area contributed by atoms with Gasteiger partial charge in [0.1, 0.15) is 0 Å². The second kappa shape index (κ2) is 4.02. The van der Waals surface area contributed by atoms with Crippen LogP contribution in [-0.4, -0.2) is 12.5 Å². The highest BCUT2D eigenvalue weighted by atomic mass is 35.5. The maximum Gasteiger partial charge on any atom is 0.223 e. The first kappa shape index (κ1) is 11.1. The first-order valence-electron chi connectivity index (χ1n) is 6.23. The minimum Gasteiger partial charge on any atom is -0.355 e. The van der Waals surface area contributed by atoms with E-state index < -0.39 is 0 Å². The van der Waals surface area contributed by atoms with Crippen LogP contribution in [0.1, 0.15) is 31.2 Å². The van der Waals surface area contributed by atoms with Crippen molar-refractivity contribution in [1.29, 1.82) is 0 Å². The molecule has 0 radical (unpaired) electrons. The van der Waals surface area contributed by atoms with E-state index in [-0.39, 0.29) is 11.3 Å². The Morgan fingerprint density at radius 2 is 1.94 bits per heavy atom. The maximum absolute atomic E-state index is 11.6. The van der Waals surface area contributed by atoms with Gasteiger partial charge in [0, 0.05) is 22.9 Å². The van der Waals surface area contributed by atoms with Crippen molar-refractivity contribution in [1.82, 2.24) is 5.32 Å². The van der Waals surface area contributed by atoms with Crippen LogP contribution in [0.2, 0.25) is 5.02 Å². The highest BCUT2D eigenvalue weighted by Gasteiger charge is 2.44. The van der Waals surface area contributed by atoms with Gasteiger partial charge in [-0.3, -0.25) is 4.79 Å². The number of rotatable bonds is 4. The average Bonchev–Trinajstić information content (AvgIpc) is 3.20. The minimum absolute atomic E-state index is 0.190. The summed E-state index contributed by atoms with van der Waals surface area (Å²) in [5.74, 6) is 0.543. The van der Waals surface area contributed by atoms with Crippen LogP contribution >= 0.6 is 11.6 Å². The number of hydrogen-bond acceptors (Lipinski definition) is 1. The van der Waals surface area contributed by atoms with Crippen molar-refractivity contribution >= 4 is 17.5 Å². The van der Waals surface area contributed by atoms with Gasteiger partial charge in [0.25, 0.3) is 0 Å². The molecule has 2 nitrogen and oxygen atoms in total. The van der Waals surface area contributed by atoms with E-state index in [0.29, 0.717) is 5.92 Å². The smallest absolute Gasteiger partial charge is 0.223 e. The lowest BCUT2D eigenvalue weighted by atomic mass is 9.96. The lowest BCUT2D eigenvalue weighted by Gasteiger charge is -2.16. The third kappa shape index (κ3) is 2.32. The van der Waals surface area contributed by atoms with E-state index in [1.807, 2.05) is 12.1 Å². The predicted octanol–water partition coefficient (Wildman–Crippen LogP) is 2.90. The summed E-state index contributed by atoms with van der Waals surface area (Å²) in [6.07, 6.45) is 4.47. The van der Waals surface area contributed by atoms with Crippen molar-refractivity contribution in [3.63, 3.8) is 0 Å². The average molecular weight is 250 g/mol. The number of hydrogen-bond donors (Lipinski definition) is 1. The molecule has 0 atom stereocenters. The van der Waals surface area contributed by atoms with Gasteiger partial charge in [-0.25, -0.2) is 0 Å². The van der Waals surface area contributed by atoms with E-state index in [1.165, 1.54) is 18.4 Å². The molecule has 1 aromatic rings. The molecule has 3 rings (SSSR count). The van der Waals surface area contributed by atoms with Crippen LogP contribution in [0.3, 0.4) is 0 Å². The summed E-state index contributed by atoms with van der Waals surface area (Å²) in [6.45, 7) is 0.782. The van der Waals surface area contributed by atoms with Gasteiger partial charge in [-0.05, 0) is 43.4 Å². The highest BCUT2D eigenvalue weighted by Crippen LogP contribution is 2.48. The fraction of sp³-hybridized carbons (Fsp3) is 0.500. The zero-order valence-electron chi connectivity index (χ0n) is 9.71. The van der Waals surface area contributed by atoms with Crippen LogP contribution < -0.4 is 5.32 Å². The molecular formula is C14H16ClNO. The Balaban J connectivity index is 1.64. The van der Waals surface area contributed by atoms with E-state index in [2.05, 4.69) is 17.4 Å². The molecule has 17 heavy (non-hydrogen) atoms. The van der Waals surface area contributed by atoms with Crippen molar-refractivity contribution in [3.05, 3.63) is 34.9 Å². The second-order valence-corrected chi connectivity index (χ2v) is 5.72. The summed E-state index contributed by atoms with van der Waals surface area (Å²) in [7, 11) is 0. The van der Waals surface area contributed by atoms with Gasteiger partial charge in [0.2, 0.25) is 5.91 Å². The fourth-order valence-corrected chi connectivity index (χ4v) is 2.39. The molecule has 3 heteroatoms. The monoisotopic (exact) mass is 249 g/mol. The van der Waals surface area contributed by atoms with Crippen molar-refractivity contribution in [3.8, 4) is 0 Å². The van der Waals surface area contributed by atoms with Gasteiger partial charge in [0.15, 0.2) is 0 Å². The maximum atomic E-state index is 11.6. The third-order valence-electron chi connectivity index (χ3n) is 3.86. The van der Waals surface area contributed by atoms with Gasteiger partial charge in [-0.15, -0.1) is 0 Å². The van der Waals surface area contributed by atoms with E-state index in [4.69, 9.17) is 11.6 Å². The molecule has 1 N–H and O–H groups in total. The molecule has 2 aliphatic rings. The largest absolute Gasteiger partial charge is 0.355 e. The van der Waals surface area contributed by atoms with E-state index in [9.17, 15) is 4.79 Å². The fourth-order valence-electron chi connectivity index (χ4n) is 2.27. The molecule has 2 saturated carbocycles. The van der Waals surface area contributed by atoms with Crippen LogP contribution in [0.4, 0.5) is 0 Å². The minimum atomic E-state index is 0.190. The van der Waals surface area contributed by atoms with Crippen molar-refractivity contribution in [2.45, 2.75) is 31.1 Å². The Hall–Kier alpha value is -1.02. The van der Waals surface area contributed by atoms with Gasteiger partial charge in [0.05, 0.1) is 0 Å². The number of benzene rings is 1. The number of carbonyl (C=O) groups excluding carboxylic acids is 1. The third-order valence-corrected chi connectivity index (χ3v) is 4.11. The number of carbonyl (C=O) groups is 1. The summed E-state index contributed by atoms with van der Waals surface area (Å²) in [5.41, 5.74) is 1.49. The van der Waals surface area contributed by atoms with Crippen LogP contribution in [0.5, 0.6) is 0 Å². The second-order valence-electron chi connectivity index (χ2n) is 5.28. The SMILES string of the molecule is O=C(NCC1(c2ccc(Cl)cc2)CC1)C1CC1. The molecular weight excluding hydrogens is 234 g/mol. The molecule has 0 aliphatic heterocycles. The normalized spacial score (nSPS) is 21.0.